The summed E-state index contributed by atoms with van der Waals surface area (Å²) in [5, 5.41) is 9.48. The van der Waals surface area contributed by atoms with Crippen LogP contribution in [-0.4, -0.2) is 54.4 Å². The van der Waals surface area contributed by atoms with Crippen molar-refractivity contribution in [2.24, 2.45) is 5.41 Å². The monoisotopic (exact) mass is 359 g/mol. The van der Waals surface area contributed by atoms with Gasteiger partial charge in [0.25, 0.3) is 0 Å². The Kier molecular flexibility index (Phi) is 6.17. The molecule has 1 aliphatic heterocycles. The van der Waals surface area contributed by atoms with Crippen molar-refractivity contribution in [2.45, 2.75) is 17.7 Å². The maximum absolute atomic E-state index is 13.2. The predicted octanol–water partition coefficient (Wildman–Crippen LogP) is 2.40. The summed E-state index contributed by atoms with van der Waals surface area (Å²) < 4.78 is 31.1. The Morgan fingerprint density at radius 3 is 2.75 bits per heavy atom. The maximum atomic E-state index is 13.2. The van der Waals surface area contributed by atoms with Gasteiger partial charge in [-0.25, -0.2) is 8.78 Å². The molecule has 1 saturated heterocycles. The molecule has 1 N–H and O–H groups in total. The molecule has 1 atom stereocenters. The van der Waals surface area contributed by atoms with E-state index in [2.05, 4.69) is 0 Å². The van der Waals surface area contributed by atoms with Crippen LogP contribution in [0.2, 0.25) is 0 Å². The lowest BCUT2D eigenvalue weighted by molar-refractivity contribution is -0.158. The molecule has 1 amide bonds. The number of methoxy groups -OCH3 is 1. The average molecular weight is 359 g/mol. The van der Waals surface area contributed by atoms with E-state index in [4.69, 9.17) is 4.74 Å². The van der Waals surface area contributed by atoms with Crippen molar-refractivity contribution in [3.63, 3.8) is 0 Å². The third-order valence-electron chi connectivity index (χ3n) is 4.06. The zero-order chi connectivity index (χ0) is 17.7. The van der Waals surface area contributed by atoms with Gasteiger partial charge < -0.3 is 14.7 Å². The minimum atomic E-state index is -1.09. The number of halogens is 2. The number of carbonyl (C=O) groups is 2. The molecule has 1 aromatic carbocycles. The number of benzene rings is 1. The van der Waals surface area contributed by atoms with Crippen LogP contribution in [-0.2, 0) is 14.3 Å². The van der Waals surface area contributed by atoms with Gasteiger partial charge in [-0.05, 0) is 31.0 Å². The summed E-state index contributed by atoms with van der Waals surface area (Å²) in [6.07, 6.45) is 1.04. The molecule has 1 unspecified atom stereocenters. The minimum absolute atomic E-state index is 0.0355. The summed E-state index contributed by atoms with van der Waals surface area (Å²) in [5.74, 6) is -3.07. The van der Waals surface area contributed by atoms with Crippen molar-refractivity contribution in [3.05, 3.63) is 29.8 Å². The fraction of sp³-hybridized carbons (Fsp3) is 0.500. The zero-order valence-electron chi connectivity index (χ0n) is 13.3. The molecule has 1 heterocycles. The number of ether oxygens (including phenoxy) is 1. The molecule has 0 bridgehead atoms. The molecule has 8 heteroatoms. The standard InChI is InChI=1S/C16H19F2NO4S/c1-23-10-16(15(21)22)5-2-6-19(9-16)14(20)8-24-11-3-4-12(17)13(18)7-11/h3-4,7H,2,5-6,8-10H2,1H3,(H,21,22). The van der Waals surface area contributed by atoms with Crippen molar-refractivity contribution in [2.75, 3.05) is 32.6 Å². The molecule has 1 aliphatic rings. The van der Waals surface area contributed by atoms with Crippen LogP contribution < -0.4 is 0 Å². The number of likely N-dealkylation sites (tertiary alicyclic amines) is 1. The maximum Gasteiger partial charge on any atom is 0.313 e. The lowest BCUT2D eigenvalue weighted by Gasteiger charge is -2.39. The van der Waals surface area contributed by atoms with Crippen molar-refractivity contribution >= 4 is 23.6 Å². The molecule has 0 radical (unpaired) electrons. The molecule has 2 rings (SSSR count). The molecule has 0 aromatic heterocycles. The van der Waals surface area contributed by atoms with E-state index >= 15 is 0 Å². The first-order chi connectivity index (χ1) is 11.4. The second kappa shape index (κ2) is 7.94. The van der Waals surface area contributed by atoms with E-state index in [1.807, 2.05) is 0 Å². The summed E-state index contributed by atoms with van der Waals surface area (Å²) in [5.41, 5.74) is -1.09. The number of amides is 1. The lowest BCUT2D eigenvalue weighted by atomic mass is 9.80. The van der Waals surface area contributed by atoms with Gasteiger partial charge in [0.05, 0.1) is 12.4 Å². The fourth-order valence-corrected chi connectivity index (χ4v) is 3.60. The lowest BCUT2D eigenvalue weighted by Crippen LogP contribution is -2.52. The van der Waals surface area contributed by atoms with Gasteiger partial charge in [-0.3, -0.25) is 9.59 Å². The number of thioether (sulfide) groups is 1. The van der Waals surface area contributed by atoms with Crippen LogP contribution in [0.25, 0.3) is 0 Å². The number of carboxylic acids is 1. The smallest absolute Gasteiger partial charge is 0.313 e. The number of aliphatic carboxylic acids is 1. The number of piperidine rings is 1. The first-order valence-corrected chi connectivity index (χ1v) is 8.44. The topological polar surface area (TPSA) is 66.8 Å². The number of carbonyl (C=O) groups excluding carboxylic acids is 1. The Labute approximate surface area is 143 Å². The van der Waals surface area contributed by atoms with Crippen molar-refractivity contribution < 1.29 is 28.2 Å². The van der Waals surface area contributed by atoms with Gasteiger partial charge in [-0.1, -0.05) is 0 Å². The van der Waals surface area contributed by atoms with Gasteiger partial charge in [0.1, 0.15) is 5.41 Å². The van der Waals surface area contributed by atoms with Crippen LogP contribution in [0.5, 0.6) is 0 Å². The third-order valence-corrected chi connectivity index (χ3v) is 5.04. The van der Waals surface area contributed by atoms with Gasteiger partial charge >= 0.3 is 5.97 Å². The summed E-state index contributed by atoms with van der Waals surface area (Å²) in [6, 6.07) is 3.45. The number of nitrogens with zero attached hydrogens (tertiary/aromatic N) is 1. The second-order valence-corrected chi connectivity index (χ2v) is 6.85. The quantitative estimate of drug-likeness (QED) is 0.790. The predicted molar refractivity (Wildman–Crippen MR) is 84.8 cm³/mol. The van der Waals surface area contributed by atoms with E-state index < -0.39 is 23.0 Å². The largest absolute Gasteiger partial charge is 0.481 e. The Bertz CT molecular complexity index is 624. The minimum Gasteiger partial charge on any atom is -0.481 e. The van der Waals surface area contributed by atoms with Gasteiger partial charge in [0.15, 0.2) is 11.6 Å². The van der Waals surface area contributed by atoms with Gasteiger partial charge in [-0.2, -0.15) is 0 Å². The number of hydrogen-bond acceptors (Lipinski definition) is 4. The molecule has 1 aromatic rings. The van der Waals surface area contributed by atoms with Gasteiger partial charge in [0.2, 0.25) is 5.91 Å². The summed E-state index contributed by atoms with van der Waals surface area (Å²) >= 11 is 1.09. The highest BCUT2D eigenvalue weighted by Gasteiger charge is 2.43. The molecule has 132 valence electrons. The molecule has 1 fully saturated rings. The molecule has 24 heavy (non-hydrogen) atoms. The molecular formula is C16H19F2NO4S. The third kappa shape index (κ3) is 4.24. The molecule has 0 saturated carbocycles. The SMILES string of the molecule is COCC1(C(=O)O)CCCN(C(=O)CSc2ccc(F)c(F)c2)C1. The van der Waals surface area contributed by atoms with Crippen molar-refractivity contribution in [3.8, 4) is 0 Å². The second-order valence-electron chi connectivity index (χ2n) is 5.80. The number of carboxylic acid groups (broad SMARTS) is 1. The normalized spacial score (nSPS) is 20.9. The highest BCUT2D eigenvalue weighted by atomic mass is 32.2. The van der Waals surface area contributed by atoms with Gasteiger partial charge in [-0.15, -0.1) is 11.8 Å². The number of rotatable bonds is 6. The summed E-state index contributed by atoms with van der Waals surface area (Å²) in [4.78, 5) is 25.9. The highest BCUT2D eigenvalue weighted by molar-refractivity contribution is 8.00. The van der Waals surface area contributed by atoms with E-state index in [1.165, 1.54) is 18.1 Å². The van der Waals surface area contributed by atoms with Crippen LogP contribution in [0.4, 0.5) is 8.78 Å². The Morgan fingerprint density at radius 2 is 2.12 bits per heavy atom. The fourth-order valence-electron chi connectivity index (χ4n) is 2.78. The first-order valence-electron chi connectivity index (χ1n) is 7.46. The Balaban J connectivity index is 1.98. The van der Waals surface area contributed by atoms with Crippen molar-refractivity contribution in [1.29, 1.82) is 0 Å². The molecule has 5 nitrogen and oxygen atoms in total. The van der Waals surface area contributed by atoms with E-state index in [-0.39, 0.29) is 24.8 Å². The van der Waals surface area contributed by atoms with Gasteiger partial charge in [0, 0.05) is 25.1 Å². The van der Waals surface area contributed by atoms with E-state index in [0.29, 0.717) is 24.3 Å². The highest BCUT2D eigenvalue weighted by Crippen LogP contribution is 2.31. The number of hydrogen-bond donors (Lipinski definition) is 1. The van der Waals surface area contributed by atoms with Crippen molar-refractivity contribution in [1.82, 2.24) is 4.90 Å². The van der Waals surface area contributed by atoms with Crippen LogP contribution in [0.3, 0.4) is 0 Å². The first kappa shape index (κ1) is 18.7. The van der Waals surface area contributed by atoms with Crippen LogP contribution >= 0.6 is 11.8 Å². The van der Waals surface area contributed by atoms with E-state index in [1.54, 1.807) is 0 Å². The summed E-state index contributed by atoms with van der Waals surface area (Å²) in [7, 11) is 1.43. The van der Waals surface area contributed by atoms with Crippen LogP contribution in [0.1, 0.15) is 12.8 Å². The van der Waals surface area contributed by atoms with Crippen LogP contribution in [0, 0.1) is 17.0 Å². The average Bonchev–Trinajstić information content (AvgIpc) is 2.56. The Morgan fingerprint density at radius 1 is 1.38 bits per heavy atom. The summed E-state index contributed by atoms with van der Waals surface area (Å²) in [6.45, 7) is 0.617. The zero-order valence-corrected chi connectivity index (χ0v) is 14.1. The van der Waals surface area contributed by atoms with E-state index in [9.17, 15) is 23.5 Å². The molecule has 0 aliphatic carbocycles. The Hall–Kier alpha value is -1.67. The van der Waals surface area contributed by atoms with Crippen LogP contribution in [0.15, 0.2) is 23.1 Å². The molecule has 0 spiro atoms. The molecular weight excluding hydrogens is 340 g/mol. The van der Waals surface area contributed by atoms with E-state index in [0.717, 1.165) is 23.9 Å².